The third-order valence-corrected chi connectivity index (χ3v) is 5.67. The maximum atomic E-state index is 12.9. The van der Waals surface area contributed by atoms with Gasteiger partial charge in [-0.15, -0.1) is 0 Å². The van der Waals surface area contributed by atoms with E-state index in [1.54, 1.807) is 23.0 Å². The van der Waals surface area contributed by atoms with Gasteiger partial charge in [0.15, 0.2) is 5.82 Å². The van der Waals surface area contributed by atoms with Gasteiger partial charge in [-0.25, -0.2) is 9.67 Å². The molecular weight excluding hydrogens is 393 g/mol. The van der Waals surface area contributed by atoms with Crippen molar-refractivity contribution < 1.29 is 17.9 Å². The van der Waals surface area contributed by atoms with Crippen molar-refractivity contribution in [3.63, 3.8) is 0 Å². The minimum absolute atomic E-state index is 0.0729. The van der Waals surface area contributed by atoms with Crippen LogP contribution in [0.5, 0.6) is 0 Å². The van der Waals surface area contributed by atoms with Gasteiger partial charge in [0, 0.05) is 31.1 Å². The average Bonchev–Trinajstić information content (AvgIpc) is 3.32. The number of rotatable bonds is 4. The molecule has 4 heterocycles. The van der Waals surface area contributed by atoms with Gasteiger partial charge in [-0.3, -0.25) is 4.90 Å². The van der Waals surface area contributed by atoms with Gasteiger partial charge in [-0.05, 0) is 50.9 Å². The summed E-state index contributed by atoms with van der Waals surface area (Å²) < 4.78 is 46.3. The van der Waals surface area contributed by atoms with Crippen molar-refractivity contribution in [3.05, 3.63) is 40.8 Å². The molecule has 4 rings (SSSR count). The molecule has 2 aromatic heterocycles. The highest BCUT2D eigenvalue weighted by Gasteiger charge is 2.41. The van der Waals surface area contributed by atoms with Gasteiger partial charge < -0.3 is 4.74 Å². The smallest absolute Gasteiger partial charge is 0.372 e. The number of aromatic nitrogens is 3. The third-order valence-electron chi connectivity index (χ3n) is 5.45. The van der Waals surface area contributed by atoms with Crippen LogP contribution in [0.25, 0.3) is 5.82 Å². The summed E-state index contributed by atoms with van der Waals surface area (Å²) >= 11 is 5.91. The molecule has 5 nitrogen and oxygen atoms in total. The Morgan fingerprint density at radius 1 is 1.18 bits per heavy atom. The van der Waals surface area contributed by atoms with Crippen molar-refractivity contribution in [3.8, 4) is 5.82 Å². The van der Waals surface area contributed by atoms with Crippen LogP contribution in [-0.4, -0.2) is 45.5 Å². The van der Waals surface area contributed by atoms with Crippen LogP contribution in [0.4, 0.5) is 13.2 Å². The Morgan fingerprint density at radius 2 is 1.96 bits per heavy atom. The topological polar surface area (TPSA) is 43.2 Å². The normalized spacial score (nSPS) is 22.1. The van der Waals surface area contributed by atoms with E-state index in [4.69, 9.17) is 21.4 Å². The van der Waals surface area contributed by atoms with Gasteiger partial charge in [0.05, 0.1) is 16.6 Å². The van der Waals surface area contributed by atoms with Crippen LogP contribution >= 0.6 is 11.6 Å². The fourth-order valence-electron chi connectivity index (χ4n) is 3.89. The Hall–Kier alpha value is -1.64. The summed E-state index contributed by atoms with van der Waals surface area (Å²) in [6.07, 6.45) is 1.46. The average molecular weight is 415 g/mol. The van der Waals surface area contributed by atoms with E-state index in [-0.39, 0.29) is 18.9 Å². The molecule has 0 saturated carbocycles. The van der Waals surface area contributed by atoms with E-state index in [1.807, 2.05) is 6.20 Å². The van der Waals surface area contributed by atoms with Crippen LogP contribution in [0.3, 0.4) is 0 Å². The molecule has 0 radical (unpaired) electrons. The lowest BCUT2D eigenvalue weighted by Gasteiger charge is -2.32. The first-order chi connectivity index (χ1) is 13.4. The Kier molecular flexibility index (Phi) is 5.62. The third kappa shape index (κ3) is 4.34. The fraction of sp³-hybridized carbons (Fsp3) is 0.579. The number of nitrogens with zero attached hydrogens (tertiary/aromatic N) is 4. The Morgan fingerprint density at radius 3 is 2.57 bits per heavy atom. The lowest BCUT2D eigenvalue weighted by atomic mass is 9.96. The standard InChI is InChI=1S/C19H22ClF3N4O/c20-15-3-4-17(24-10-15)27-12-13(18(25-27)16-2-1-9-28-16)11-26-7-5-14(6-8-26)19(21,22)23/h3-4,10,12,14,16H,1-2,5-9,11H2. The van der Waals surface area contributed by atoms with Crippen molar-refractivity contribution in [2.45, 2.75) is 44.5 Å². The molecule has 2 aromatic rings. The first-order valence-electron chi connectivity index (χ1n) is 9.51. The Balaban J connectivity index is 1.53. The minimum Gasteiger partial charge on any atom is -0.372 e. The SMILES string of the molecule is FC(F)(F)C1CCN(Cc2cn(-c3ccc(Cl)cn3)nc2C2CCCO2)CC1. The molecule has 2 aliphatic rings. The van der Waals surface area contributed by atoms with E-state index in [0.717, 1.165) is 24.1 Å². The highest BCUT2D eigenvalue weighted by molar-refractivity contribution is 6.30. The molecule has 1 atom stereocenters. The predicted molar refractivity (Wildman–Crippen MR) is 98.4 cm³/mol. The summed E-state index contributed by atoms with van der Waals surface area (Å²) in [5.41, 5.74) is 1.83. The molecule has 28 heavy (non-hydrogen) atoms. The molecule has 152 valence electrons. The number of pyridine rings is 1. The summed E-state index contributed by atoms with van der Waals surface area (Å²) in [4.78, 5) is 6.37. The Bertz CT molecular complexity index is 795. The molecule has 0 N–H and O–H groups in total. The van der Waals surface area contributed by atoms with Gasteiger partial charge in [0.25, 0.3) is 0 Å². The lowest BCUT2D eigenvalue weighted by Crippen LogP contribution is -2.38. The fourth-order valence-corrected chi connectivity index (χ4v) is 4.00. The van der Waals surface area contributed by atoms with Crippen LogP contribution in [0.1, 0.15) is 43.0 Å². The number of halogens is 4. The number of ether oxygens (including phenoxy) is 1. The quantitative estimate of drug-likeness (QED) is 0.736. The monoisotopic (exact) mass is 414 g/mol. The largest absolute Gasteiger partial charge is 0.391 e. The molecule has 0 amide bonds. The number of hydrogen-bond donors (Lipinski definition) is 0. The molecule has 0 aliphatic carbocycles. The second-order valence-electron chi connectivity index (χ2n) is 7.41. The molecule has 2 fully saturated rings. The summed E-state index contributed by atoms with van der Waals surface area (Å²) in [7, 11) is 0. The van der Waals surface area contributed by atoms with Crippen LogP contribution in [0.2, 0.25) is 5.02 Å². The van der Waals surface area contributed by atoms with Gasteiger partial charge in [0.1, 0.15) is 6.10 Å². The van der Waals surface area contributed by atoms with Crippen molar-refractivity contribution in [1.29, 1.82) is 0 Å². The van der Waals surface area contributed by atoms with Crippen LogP contribution in [-0.2, 0) is 11.3 Å². The first kappa shape index (κ1) is 19.7. The minimum atomic E-state index is -4.10. The van der Waals surface area contributed by atoms with Crippen LogP contribution < -0.4 is 0 Å². The molecule has 9 heteroatoms. The van der Waals surface area contributed by atoms with Gasteiger partial charge >= 0.3 is 6.18 Å². The van der Waals surface area contributed by atoms with Crippen molar-refractivity contribution in [2.24, 2.45) is 5.92 Å². The molecule has 0 bridgehead atoms. The second kappa shape index (κ2) is 8.00. The lowest BCUT2D eigenvalue weighted by molar-refractivity contribution is -0.185. The highest BCUT2D eigenvalue weighted by Crippen LogP contribution is 2.35. The predicted octanol–water partition coefficient (Wildman–Crippen LogP) is 4.55. The summed E-state index contributed by atoms with van der Waals surface area (Å²) in [5, 5.41) is 5.24. The van der Waals surface area contributed by atoms with Gasteiger partial charge in [-0.1, -0.05) is 11.6 Å². The molecule has 0 spiro atoms. The maximum absolute atomic E-state index is 12.9. The van der Waals surface area contributed by atoms with Crippen LogP contribution in [0.15, 0.2) is 24.5 Å². The van der Waals surface area contributed by atoms with Gasteiger partial charge in [0.2, 0.25) is 0 Å². The highest BCUT2D eigenvalue weighted by atomic mass is 35.5. The van der Waals surface area contributed by atoms with Crippen LogP contribution in [0, 0.1) is 5.92 Å². The van der Waals surface area contributed by atoms with E-state index >= 15 is 0 Å². The number of likely N-dealkylation sites (tertiary alicyclic amines) is 1. The number of hydrogen-bond acceptors (Lipinski definition) is 4. The summed E-state index contributed by atoms with van der Waals surface area (Å²) in [6, 6.07) is 3.53. The molecular formula is C19H22ClF3N4O. The first-order valence-corrected chi connectivity index (χ1v) is 9.89. The summed E-state index contributed by atoms with van der Waals surface area (Å²) in [5.74, 6) is -0.548. The number of alkyl halides is 3. The van der Waals surface area contributed by atoms with E-state index in [9.17, 15) is 13.2 Å². The molecule has 2 aliphatic heterocycles. The van der Waals surface area contributed by atoms with E-state index in [0.29, 0.717) is 37.1 Å². The zero-order valence-corrected chi connectivity index (χ0v) is 16.1. The zero-order valence-electron chi connectivity index (χ0n) is 15.3. The number of piperidine rings is 1. The van der Waals surface area contributed by atoms with E-state index in [2.05, 4.69) is 9.88 Å². The molecule has 0 aromatic carbocycles. The molecule has 2 saturated heterocycles. The van der Waals surface area contributed by atoms with E-state index in [1.165, 1.54) is 0 Å². The van der Waals surface area contributed by atoms with Crippen molar-refractivity contribution >= 4 is 11.6 Å². The van der Waals surface area contributed by atoms with Crippen molar-refractivity contribution in [1.82, 2.24) is 19.7 Å². The summed E-state index contributed by atoms with van der Waals surface area (Å²) in [6.45, 7) is 2.12. The maximum Gasteiger partial charge on any atom is 0.391 e. The second-order valence-corrected chi connectivity index (χ2v) is 7.85. The van der Waals surface area contributed by atoms with E-state index < -0.39 is 12.1 Å². The molecule has 1 unspecified atom stereocenters. The van der Waals surface area contributed by atoms with Gasteiger partial charge in [-0.2, -0.15) is 18.3 Å². The Labute approximate surface area is 166 Å². The van der Waals surface area contributed by atoms with Crippen molar-refractivity contribution in [2.75, 3.05) is 19.7 Å². The zero-order chi connectivity index (χ0) is 19.7.